The lowest BCUT2D eigenvalue weighted by Crippen LogP contribution is -2.17. The van der Waals surface area contributed by atoms with Crippen molar-refractivity contribution >= 4 is 0 Å². The van der Waals surface area contributed by atoms with E-state index >= 15 is 0 Å². The van der Waals surface area contributed by atoms with Crippen LogP contribution in [-0.4, -0.2) is 13.1 Å². The number of nitrogens with one attached hydrogen (secondary N) is 1. The lowest BCUT2D eigenvalue weighted by atomic mass is 10.1. The first-order valence-corrected chi connectivity index (χ1v) is 6.88. The molecule has 0 aromatic heterocycles. The van der Waals surface area contributed by atoms with Gasteiger partial charge in [0.1, 0.15) is 0 Å². The van der Waals surface area contributed by atoms with E-state index in [1.54, 1.807) is 0 Å². The lowest BCUT2D eigenvalue weighted by molar-refractivity contribution is 0.638. The fraction of sp³-hybridized carbons (Fsp3) is 0.625. The number of hydrogen-bond donors (Lipinski definition) is 1. The van der Waals surface area contributed by atoms with Crippen molar-refractivity contribution in [2.75, 3.05) is 13.1 Å². The van der Waals surface area contributed by atoms with E-state index in [4.69, 9.17) is 0 Å². The third-order valence-corrected chi connectivity index (χ3v) is 2.50. The molecular weight excluding hydrogens is 206 g/mol. The molecule has 0 fully saturated rings. The summed E-state index contributed by atoms with van der Waals surface area (Å²) in [4.78, 5) is 0. The summed E-state index contributed by atoms with van der Waals surface area (Å²) >= 11 is 0. The van der Waals surface area contributed by atoms with Gasteiger partial charge < -0.3 is 5.32 Å². The molecule has 0 spiro atoms. The summed E-state index contributed by atoms with van der Waals surface area (Å²) in [6, 6.07) is 0. The van der Waals surface area contributed by atoms with Gasteiger partial charge in [-0.15, -0.1) is 0 Å². The molecule has 0 aliphatic rings. The maximum absolute atomic E-state index is 3.66. The highest BCUT2D eigenvalue weighted by Gasteiger charge is 1.93. The Morgan fingerprint density at radius 1 is 1.18 bits per heavy atom. The van der Waals surface area contributed by atoms with Gasteiger partial charge in [0.05, 0.1) is 0 Å². The van der Waals surface area contributed by atoms with Crippen molar-refractivity contribution in [1.82, 2.24) is 5.32 Å². The topological polar surface area (TPSA) is 12.0 Å². The highest BCUT2D eigenvalue weighted by atomic mass is 14.8. The van der Waals surface area contributed by atoms with E-state index in [9.17, 15) is 0 Å². The normalized spacial score (nSPS) is 11.8. The van der Waals surface area contributed by atoms with Crippen LogP contribution < -0.4 is 5.32 Å². The maximum atomic E-state index is 3.66. The van der Waals surface area contributed by atoms with Gasteiger partial charge in [-0.05, 0) is 26.8 Å². The zero-order valence-corrected chi connectivity index (χ0v) is 12.5. The highest BCUT2D eigenvalue weighted by molar-refractivity contribution is 5.25. The van der Waals surface area contributed by atoms with Crippen LogP contribution in [0.4, 0.5) is 0 Å². The quantitative estimate of drug-likeness (QED) is 0.469. The zero-order chi connectivity index (χ0) is 13.5. The van der Waals surface area contributed by atoms with E-state index in [2.05, 4.69) is 38.7 Å². The van der Waals surface area contributed by atoms with Gasteiger partial charge in [0.2, 0.25) is 0 Å². The molecule has 0 aliphatic carbocycles. The molecule has 0 aliphatic heterocycles. The fourth-order valence-electron chi connectivity index (χ4n) is 1.27. The standard InChI is InChI=1S/C14H25N.C2H6/c1-5-7-9-11-15-12-14(4)13(3)10-8-6-2;1-2/h6,8,10,15H,2,5,7,9,11-12H2,1,3-4H3;1-2H3/b10-8-,14-13+;. The van der Waals surface area contributed by atoms with Gasteiger partial charge in [-0.2, -0.15) is 0 Å². The minimum Gasteiger partial charge on any atom is -0.313 e. The highest BCUT2D eigenvalue weighted by Crippen LogP contribution is 2.03. The lowest BCUT2D eigenvalue weighted by Gasteiger charge is -2.06. The SMILES string of the molecule is C=C/C=C\C(C)=C(/C)CNCCCCC.CC. The van der Waals surface area contributed by atoms with E-state index in [-0.39, 0.29) is 0 Å². The Morgan fingerprint density at radius 2 is 1.82 bits per heavy atom. The largest absolute Gasteiger partial charge is 0.313 e. The second kappa shape index (κ2) is 15.2. The van der Waals surface area contributed by atoms with Crippen molar-refractivity contribution < 1.29 is 0 Å². The molecule has 0 saturated heterocycles. The predicted octanol–water partition coefficient (Wildman–Crippen LogP) is 4.87. The van der Waals surface area contributed by atoms with Gasteiger partial charge in [0.25, 0.3) is 0 Å². The van der Waals surface area contributed by atoms with Crippen molar-refractivity contribution in [3.8, 4) is 0 Å². The van der Waals surface area contributed by atoms with E-state index in [0.717, 1.165) is 13.1 Å². The molecule has 0 unspecified atom stereocenters. The summed E-state index contributed by atoms with van der Waals surface area (Å²) < 4.78 is 0. The Bertz CT molecular complexity index is 224. The third-order valence-electron chi connectivity index (χ3n) is 2.50. The summed E-state index contributed by atoms with van der Waals surface area (Å²) in [5, 5.41) is 3.46. The van der Waals surface area contributed by atoms with E-state index in [0.29, 0.717) is 0 Å². The van der Waals surface area contributed by atoms with Gasteiger partial charge in [-0.3, -0.25) is 0 Å². The van der Waals surface area contributed by atoms with Crippen LogP contribution in [0.3, 0.4) is 0 Å². The van der Waals surface area contributed by atoms with Crippen LogP contribution in [0.2, 0.25) is 0 Å². The zero-order valence-electron chi connectivity index (χ0n) is 12.5. The Labute approximate surface area is 109 Å². The third kappa shape index (κ3) is 13.1. The van der Waals surface area contributed by atoms with Crippen LogP contribution in [0.5, 0.6) is 0 Å². The van der Waals surface area contributed by atoms with Gasteiger partial charge in [-0.25, -0.2) is 0 Å². The average Bonchev–Trinajstić information content (AvgIpc) is 2.37. The van der Waals surface area contributed by atoms with Crippen molar-refractivity contribution in [3.05, 3.63) is 36.0 Å². The summed E-state index contributed by atoms with van der Waals surface area (Å²) in [5.41, 5.74) is 2.74. The Kier molecular flexibility index (Phi) is 16.6. The molecule has 0 amide bonds. The van der Waals surface area contributed by atoms with Gasteiger partial charge in [0, 0.05) is 6.54 Å². The fourth-order valence-corrected chi connectivity index (χ4v) is 1.27. The Morgan fingerprint density at radius 3 is 2.35 bits per heavy atom. The van der Waals surface area contributed by atoms with Crippen LogP contribution in [0.1, 0.15) is 53.9 Å². The van der Waals surface area contributed by atoms with Crippen LogP contribution >= 0.6 is 0 Å². The number of unbranched alkanes of at least 4 members (excludes halogenated alkanes) is 2. The van der Waals surface area contributed by atoms with E-state index < -0.39 is 0 Å². The molecule has 0 aromatic carbocycles. The first-order valence-electron chi connectivity index (χ1n) is 6.88. The predicted molar refractivity (Wildman–Crippen MR) is 81.5 cm³/mol. The molecule has 1 nitrogen and oxygen atoms in total. The minimum absolute atomic E-state index is 0.997. The molecule has 0 radical (unpaired) electrons. The van der Waals surface area contributed by atoms with Gasteiger partial charge in [-0.1, -0.05) is 69.6 Å². The van der Waals surface area contributed by atoms with E-state index in [1.165, 1.54) is 30.4 Å². The van der Waals surface area contributed by atoms with Gasteiger partial charge in [0.15, 0.2) is 0 Å². The summed E-state index contributed by atoms with van der Waals surface area (Å²) in [6.07, 6.45) is 9.80. The van der Waals surface area contributed by atoms with Crippen molar-refractivity contribution in [1.29, 1.82) is 0 Å². The van der Waals surface area contributed by atoms with Crippen LogP contribution in [0, 0.1) is 0 Å². The van der Waals surface area contributed by atoms with Crippen molar-refractivity contribution in [2.24, 2.45) is 0 Å². The molecule has 100 valence electrons. The molecular formula is C16H31N. The molecule has 1 heteroatoms. The number of rotatable bonds is 8. The first kappa shape index (κ1) is 18.5. The Balaban J connectivity index is 0. The molecule has 0 atom stereocenters. The van der Waals surface area contributed by atoms with Crippen molar-refractivity contribution in [3.63, 3.8) is 0 Å². The summed E-state index contributed by atoms with van der Waals surface area (Å²) in [7, 11) is 0. The Hall–Kier alpha value is -0.820. The van der Waals surface area contributed by atoms with Gasteiger partial charge >= 0.3 is 0 Å². The average molecular weight is 237 g/mol. The second-order valence-electron chi connectivity index (χ2n) is 3.94. The van der Waals surface area contributed by atoms with Crippen LogP contribution in [0.15, 0.2) is 36.0 Å². The monoisotopic (exact) mass is 237 g/mol. The molecule has 0 rings (SSSR count). The van der Waals surface area contributed by atoms with E-state index in [1.807, 2.05) is 26.0 Å². The molecule has 0 aromatic rings. The number of hydrogen-bond acceptors (Lipinski definition) is 1. The van der Waals surface area contributed by atoms with Crippen molar-refractivity contribution in [2.45, 2.75) is 53.9 Å². The molecule has 0 bridgehead atoms. The number of allylic oxidation sites excluding steroid dienone is 4. The smallest absolute Gasteiger partial charge is 0.0167 e. The van der Waals surface area contributed by atoms with Crippen LogP contribution in [0.25, 0.3) is 0 Å². The minimum atomic E-state index is 0.997. The molecule has 0 heterocycles. The van der Waals surface area contributed by atoms with Crippen LogP contribution in [-0.2, 0) is 0 Å². The maximum Gasteiger partial charge on any atom is 0.0167 e. The summed E-state index contributed by atoms with van der Waals surface area (Å²) in [5.74, 6) is 0. The first-order chi connectivity index (χ1) is 8.22. The molecule has 17 heavy (non-hydrogen) atoms. The molecule has 0 saturated carbocycles. The second-order valence-corrected chi connectivity index (χ2v) is 3.94. The summed E-state index contributed by atoms with van der Waals surface area (Å²) in [6.45, 7) is 16.3. The molecule has 1 N–H and O–H groups in total.